The molecule has 1 atom stereocenters. The van der Waals surface area contributed by atoms with Gasteiger partial charge in [0, 0.05) is 21.6 Å². The van der Waals surface area contributed by atoms with Crippen LogP contribution in [0.4, 0.5) is 5.69 Å². The molecule has 0 fully saturated rings. The normalized spacial score (nSPS) is 12.1. The van der Waals surface area contributed by atoms with Crippen molar-refractivity contribution in [1.29, 1.82) is 0 Å². The Balaban J connectivity index is 1.78. The molecule has 0 bridgehead atoms. The summed E-state index contributed by atoms with van der Waals surface area (Å²) in [5.41, 5.74) is 7.36. The van der Waals surface area contributed by atoms with Crippen molar-refractivity contribution in [1.82, 2.24) is 0 Å². The number of ether oxygens (including phenoxy) is 1. The molecule has 2 rings (SSSR count). The number of para-hydroxylation sites is 2. The maximum Gasteiger partial charge on any atom is 0.142 e. The van der Waals surface area contributed by atoms with Gasteiger partial charge in [0.1, 0.15) is 5.75 Å². The van der Waals surface area contributed by atoms with Gasteiger partial charge in [-0.2, -0.15) is 0 Å². The summed E-state index contributed by atoms with van der Waals surface area (Å²) in [6.07, 6.45) is 0. The first-order valence-electron chi connectivity index (χ1n) is 6.22. The number of halogens is 1. The van der Waals surface area contributed by atoms with Gasteiger partial charge < -0.3 is 10.5 Å². The quantitative estimate of drug-likeness (QED) is 0.833. The molecule has 20 heavy (non-hydrogen) atoms. The van der Waals surface area contributed by atoms with Crippen LogP contribution < -0.4 is 10.5 Å². The van der Waals surface area contributed by atoms with E-state index in [1.54, 1.807) is 24.3 Å². The molecule has 0 aromatic heterocycles. The summed E-state index contributed by atoms with van der Waals surface area (Å²) in [6.45, 7) is 0.383. The Morgan fingerprint density at radius 1 is 1.10 bits per heavy atom. The van der Waals surface area contributed by atoms with E-state index in [0.717, 1.165) is 5.56 Å². The maximum atomic E-state index is 11.9. The van der Waals surface area contributed by atoms with Gasteiger partial charge in [-0.1, -0.05) is 35.9 Å². The monoisotopic (exact) mass is 309 g/mol. The summed E-state index contributed by atoms with van der Waals surface area (Å²) in [6, 6.07) is 14.7. The van der Waals surface area contributed by atoms with Crippen molar-refractivity contribution in [3.05, 3.63) is 59.1 Å². The largest absolute Gasteiger partial charge is 0.490 e. The number of anilines is 1. The number of hydrogen-bond acceptors (Lipinski definition) is 3. The fourth-order valence-electron chi connectivity index (χ4n) is 1.70. The van der Waals surface area contributed by atoms with Gasteiger partial charge >= 0.3 is 0 Å². The van der Waals surface area contributed by atoms with Crippen molar-refractivity contribution in [2.75, 3.05) is 18.1 Å². The molecule has 0 aliphatic heterocycles. The van der Waals surface area contributed by atoms with Gasteiger partial charge in [-0.05, 0) is 29.8 Å². The van der Waals surface area contributed by atoms with Crippen molar-refractivity contribution < 1.29 is 8.95 Å². The van der Waals surface area contributed by atoms with E-state index in [1.165, 1.54) is 0 Å². The van der Waals surface area contributed by atoms with Crippen LogP contribution in [0.5, 0.6) is 5.75 Å². The molecule has 106 valence electrons. The van der Waals surface area contributed by atoms with Crippen LogP contribution in [0, 0.1) is 0 Å². The van der Waals surface area contributed by atoms with Gasteiger partial charge in [0.25, 0.3) is 0 Å². The zero-order valence-electron chi connectivity index (χ0n) is 10.9. The van der Waals surface area contributed by atoms with E-state index in [0.29, 0.717) is 34.6 Å². The number of nitrogen functional groups attached to an aromatic ring is 1. The number of hydrogen-bond donors (Lipinski definition) is 1. The highest BCUT2D eigenvalue weighted by Gasteiger charge is 2.04. The molecule has 1 unspecified atom stereocenters. The van der Waals surface area contributed by atoms with Gasteiger partial charge in [0.05, 0.1) is 18.0 Å². The first kappa shape index (κ1) is 14.9. The topological polar surface area (TPSA) is 52.3 Å². The van der Waals surface area contributed by atoms with Crippen molar-refractivity contribution in [3.63, 3.8) is 0 Å². The van der Waals surface area contributed by atoms with Crippen molar-refractivity contribution >= 4 is 28.1 Å². The van der Waals surface area contributed by atoms with Crippen LogP contribution in [0.15, 0.2) is 48.5 Å². The van der Waals surface area contributed by atoms with E-state index >= 15 is 0 Å². The molecule has 0 aliphatic rings. The zero-order valence-corrected chi connectivity index (χ0v) is 12.5. The summed E-state index contributed by atoms with van der Waals surface area (Å²) >= 11 is 5.81. The Morgan fingerprint density at radius 3 is 2.50 bits per heavy atom. The van der Waals surface area contributed by atoms with Crippen molar-refractivity contribution in [2.45, 2.75) is 5.75 Å². The summed E-state index contributed by atoms with van der Waals surface area (Å²) < 4.78 is 17.5. The van der Waals surface area contributed by atoms with E-state index in [4.69, 9.17) is 22.1 Å². The third kappa shape index (κ3) is 4.54. The van der Waals surface area contributed by atoms with E-state index < -0.39 is 10.8 Å². The molecule has 3 nitrogen and oxygen atoms in total. The van der Waals surface area contributed by atoms with Crippen LogP contribution in [-0.4, -0.2) is 16.6 Å². The smallest absolute Gasteiger partial charge is 0.142 e. The molecule has 0 radical (unpaired) electrons. The van der Waals surface area contributed by atoms with Crippen molar-refractivity contribution in [2.24, 2.45) is 0 Å². The molecule has 0 heterocycles. The lowest BCUT2D eigenvalue weighted by Crippen LogP contribution is -2.10. The molecule has 2 aromatic carbocycles. The Morgan fingerprint density at radius 2 is 1.80 bits per heavy atom. The lowest BCUT2D eigenvalue weighted by molar-refractivity contribution is 0.344. The molecule has 2 N–H and O–H groups in total. The fraction of sp³-hybridized carbons (Fsp3) is 0.200. The van der Waals surface area contributed by atoms with E-state index in [9.17, 15) is 4.21 Å². The molecule has 5 heteroatoms. The summed E-state index contributed by atoms with van der Waals surface area (Å²) in [4.78, 5) is 0. The summed E-state index contributed by atoms with van der Waals surface area (Å²) in [7, 11) is -0.967. The Hall–Kier alpha value is -1.52. The Bertz CT molecular complexity index is 587. The zero-order chi connectivity index (χ0) is 14.4. The summed E-state index contributed by atoms with van der Waals surface area (Å²) in [5, 5.41) is 0.683. The molecule has 2 aromatic rings. The average molecular weight is 310 g/mol. The highest BCUT2D eigenvalue weighted by molar-refractivity contribution is 7.84. The van der Waals surface area contributed by atoms with Crippen LogP contribution in [-0.2, 0) is 16.6 Å². The van der Waals surface area contributed by atoms with Gasteiger partial charge in [-0.25, -0.2) is 0 Å². The summed E-state index contributed by atoms with van der Waals surface area (Å²) in [5.74, 6) is 1.61. The van der Waals surface area contributed by atoms with Crippen molar-refractivity contribution in [3.8, 4) is 5.75 Å². The predicted octanol–water partition coefficient (Wildman–Crippen LogP) is 3.25. The van der Waals surface area contributed by atoms with E-state index in [-0.39, 0.29) is 0 Å². The highest BCUT2D eigenvalue weighted by Crippen LogP contribution is 2.19. The van der Waals surface area contributed by atoms with Crippen LogP contribution in [0.25, 0.3) is 0 Å². The third-order valence-electron chi connectivity index (χ3n) is 2.73. The average Bonchev–Trinajstić information content (AvgIpc) is 2.43. The lowest BCUT2D eigenvalue weighted by atomic mass is 10.2. The molecule has 0 saturated carbocycles. The minimum absolute atomic E-state index is 0.383. The Kier molecular flexibility index (Phi) is 5.44. The fourth-order valence-corrected chi connectivity index (χ4v) is 2.80. The van der Waals surface area contributed by atoms with Crippen LogP contribution in [0.3, 0.4) is 0 Å². The van der Waals surface area contributed by atoms with E-state index in [2.05, 4.69) is 0 Å². The first-order chi connectivity index (χ1) is 9.65. The van der Waals surface area contributed by atoms with Crippen LogP contribution in [0.1, 0.15) is 5.56 Å². The number of benzene rings is 2. The maximum absolute atomic E-state index is 11.9. The van der Waals surface area contributed by atoms with Crippen LogP contribution in [0.2, 0.25) is 5.02 Å². The SMILES string of the molecule is Nc1ccccc1OCCS(=O)Cc1ccc(Cl)cc1. The third-order valence-corrected chi connectivity index (χ3v) is 4.26. The van der Waals surface area contributed by atoms with E-state index in [1.807, 2.05) is 24.3 Å². The molecule has 0 saturated heterocycles. The van der Waals surface area contributed by atoms with Gasteiger partial charge in [-0.15, -0.1) is 0 Å². The van der Waals surface area contributed by atoms with Gasteiger partial charge in [0.15, 0.2) is 0 Å². The Labute approximate surface area is 126 Å². The molecule has 0 amide bonds. The molecule has 0 spiro atoms. The van der Waals surface area contributed by atoms with Gasteiger partial charge in [-0.3, -0.25) is 4.21 Å². The number of rotatable bonds is 6. The molecular weight excluding hydrogens is 294 g/mol. The number of nitrogens with two attached hydrogens (primary N) is 1. The molecule has 0 aliphatic carbocycles. The highest BCUT2D eigenvalue weighted by atomic mass is 35.5. The predicted molar refractivity (Wildman–Crippen MR) is 84.5 cm³/mol. The first-order valence-corrected chi connectivity index (χ1v) is 8.08. The minimum atomic E-state index is -0.967. The molecular formula is C15H16ClNO2S. The second-order valence-electron chi connectivity index (χ2n) is 4.30. The lowest BCUT2D eigenvalue weighted by Gasteiger charge is -2.08. The second kappa shape index (κ2) is 7.31. The minimum Gasteiger partial charge on any atom is -0.490 e. The standard InChI is InChI=1S/C15H16ClNO2S/c16-13-7-5-12(6-8-13)11-20(18)10-9-19-15-4-2-1-3-14(15)17/h1-8H,9-11,17H2. The second-order valence-corrected chi connectivity index (χ2v) is 6.31. The van der Waals surface area contributed by atoms with Crippen LogP contribution >= 0.6 is 11.6 Å². The van der Waals surface area contributed by atoms with Gasteiger partial charge in [0.2, 0.25) is 0 Å².